The molecule has 2 saturated heterocycles. The number of amides is 1. The standard InChI is InChI=1S/C21H27NO7S/c1-12-5-7-14(8-6-12)11-30(25,26)22-18(13(2)27-20(22)24)16-9-15(23)10-17-19(16)29-21(3,4)28-17/h5-8,13,16-19H,9-11H2,1-4H3/t13-,16-,17-,18+,19-/m1/s1. The van der Waals surface area contributed by atoms with Crippen LogP contribution in [0.4, 0.5) is 4.79 Å². The molecule has 3 fully saturated rings. The second-order valence-electron chi connectivity index (χ2n) is 8.87. The maximum absolute atomic E-state index is 13.3. The van der Waals surface area contributed by atoms with Crippen molar-refractivity contribution in [3.8, 4) is 0 Å². The predicted molar refractivity (Wildman–Crippen MR) is 107 cm³/mol. The number of carbonyl (C=O) groups excluding carboxylic acids is 2. The Morgan fingerprint density at radius 3 is 2.43 bits per heavy atom. The van der Waals surface area contributed by atoms with Gasteiger partial charge in [0.2, 0.25) is 10.0 Å². The summed E-state index contributed by atoms with van der Waals surface area (Å²) in [5.41, 5.74) is 1.59. The predicted octanol–water partition coefficient (Wildman–Crippen LogP) is 2.53. The summed E-state index contributed by atoms with van der Waals surface area (Å²) in [5, 5.41) is 0. The number of rotatable bonds is 4. The summed E-state index contributed by atoms with van der Waals surface area (Å²) in [4.78, 5) is 25.0. The maximum atomic E-state index is 13.3. The molecule has 2 aliphatic heterocycles. The van der Waals surface area contributed by atoms with Gasteiger partial charge in [-0.15, -0.1) is 0 Å². The first-order valence-corrected chi connectivity index (χ1v) is 11.7. The first kappa shape index (κ1) is 21.3. The van der Waals surface area contributed by atoms with E-state index in [2.05, 4.69) is 0 Å². The van der Waals surface area contributed by atoms with Crippen molar-refractivity contribution in [2.75, 3.05) is 0 Å². The van der Waals surface area contributed by atoms with Gasteiger partial charge < -0.3 is 14.2 Å². The lowest BCUT2D eigenvalue weighted by Crippen LogP contribution is -2.53. The van der Waals surface area contributed by atoms with Crippen molar-refractivity contribution in [1.29, 1.82) is 0 Å². The van der Waals surface area contributed by atoms with E-state index in [4.69, 9.17) is 14.2 Å². The molecule has 30 heavy (non-hydrogen) atoms. The second kappa shape index (κ2) is 7.32. The molecule has 4 rings (SSSR count). The van der Waals surface area contributed by atoms with Crippen LogP contribution in [-0.2, 0) is 34.8 Å². The molecule has 9 heteroatoms. The van der Waals surface area contributed by atoms with Crippen LogP contribution in [-0.4, -0.2) is 54.7 Å². The van der Waals surface area contributed by atoms with Crippen LogP contribution >= 0.6 is 0 Å². The van der Waals surface area contributed by atoms with Crippen molar-refractivity contribution in [1.82, 2.24) is 4.31 Å². The molecule has 0 radical (unpaired) electrons. The van der Waals surface area contributed by atoms with Crippen molar-refractivity contribution in [3.63, 3.8) is 0 Å². The molecule has 1 aromatic carbocycles. The monoisotopic (exact) mass is 437 g/mol. The number of hydrogen-bond acceptors (Lipinski definition) is 7. The van der Waals surface area contributed by atoms with E-state index >= 15 is 0 Å². The highest BCUT2D eigenvalue weighted by Crippen LogP contribution is 2.44. The van der Waals surface area contributed by atoms with Gasteiger partial charge in [-0.2, -0.15) is 4.31 Å². The highest BCUT2D eigenvalue weighted by molar-refractivity contribution is 7.88. The van der Waals surface area contributed by atoms with E-state index in [1.54, 1.807) is 32.9 Å². The number of ketones is 1. The van der Waals surface area contributed by atoms with Crippen molar-refractivity contribution in [3.05, 3.63) is 35.4 Å². The Bertz CT molecular complexity index is 956. The molecular weight excluding hydrogens is 410 g/mol. The molecule has 0 unspecified atom stereocenters. The van der Waals surface area contributed by atoms with Gasteiger partial charge in [0.15, 0.2) is 5.79 Å². The Hall–Kier alpha value is -1.97. The van der Waals surface area contributed by atoms with E-state index < -0.39 is 52.2 Å². The zero-order chi connectivity index (χ0) is 21.8. The summed E-state index contributed by atoms with van der Waals surface area (Å²) in [6.07, 6.45) is -2.23. The lowest BCUT2D eigenvalue weighted by Gasteiger charge is -2.37. The highest BCUT2D eigenvalue weighted by atomic mass is 32.2. The lowest BCUT2D eigenvalue weighted by molar-refractivity contribution is -0.150. The number of aryl methyl sites for hydroxylation is 1. The lowest BCUT2D eigenvalue weighted by atomic mass is 9.78. The molecule has 0 N–H and O–H groups in total. The van der Waals surface area contributed by atoms with Crippen molar-refractivity contribution in [2.24, 2.45) is 5.92 Å². The van der Waals surface area contributed by atoms with Gasteiger partial charge in [-0.1, -0.05) is 29.8 Å². The SMILES string of the molecule is Cc1ccc(CS(=O)(=O)N2C(=O)O[C@H](C)[C@H]2[C@H]2CC(=O)C[C@H]3OC(C)(C)O[C@H]23)cc1. The number of fused-ring (bicyclic) bond motifs is 1. The molecule has 1 amide bonds. The van der Waals surface area contributed by atoms with E-state index in [0.29, 0.717) is 5.56 Å². The van der Waals surface area contributed by atoms with Crippen LogP contribution in [0.25, 0.3) is 0 Å². The summed E-state index contributed by atoms with van der Waals surface area (Å²) in [7, 11) is -4.03. The fourth-order valence-corrected chi connectivity index (χ4v) is 6.49. The van der Waals surface area contributed by atoms with Crippen LogP contribution in [0.2, 0.25) is 0 Å². The summed E-state index contributed by atoms with van der Waals surface area (Å²) in [6, 6.07) is 6.27. The minimum atomic E-state index is -4.03. The summed E-state index contributed by atoms with van der Waals surface area (Å²) < 4.78 is 44.6. The van der Waals surface area contributed by atoms with Crippen LogP contribution in [0.5, 0.6) is 0 Å². The topological polar surface area (TPSA) is 99.2 Å². The Morgan fingerprint density at radius 2 is 1.77 bits per heavy atom. The van der Waals surface area contributed by atoms with Gasteiger partial charge in [-0.05, 0) is 33.3 Å². The average Bonchev–Trinajstić information content (AvgIpc) is 3.10. The zero-order valence-electron chi connectivity index (χ0n) is 17.5. The van der Waals surface area contributed by atoms with Gasteiger partial charge in [0.05, 0.1) is 24.0 Å². The molecule has 1 saturated carbocycles. The molecule has 0 aromatic heterocycles. The Kier molecular flexibility index (Phi) is 5.19. The Balaban J connectivity index is 1.66. The molecule has 164 valence electrons. The molecule has 0 bridgehead atoms. The fourth-order valence-electron chi connectivity index (χ4n) is 4.76. The van der Waals surface area contributed by atoms with E-state index in [0.717, 1.165) is 9.87 Å². The fraction of sp³-hybridized carbons (Fsp3) is 0.619. The van der Waals surface area contributed by atoms with Crippen LogP contribution in [0.1, 0.15) is 44.7 Å². The smallest absolute Gasteiger partial charge is 0.424 e. The number of sulfonamides is 1. The van der Waals surface area contributed by atoms with E-state index in [-0.39, 0.29) is 24.4 Å². The number of ether oxygens (including phenoxy) is 3. The second-order valence-corrected chi connectivity index (χ2v) is 10.7. The van der Waals surface area contributed by atoms with E-state index in [1.165, 1.54) is 0 Å². The zero-order valence-corrected chi connectivity index (χ0v) is 18.3. The molecule has 1 aromatic rings. The van der Waals surface area contributed by atoms with Crippen molar-refractivity contribution in [2.45, 2.75) is 76.4 Å². The minimum absolute atomic E-state index is 0.0371. The molecule has 0 spiro atoms. The third-order valence-corrected chi connectivity index (χ3v) is 7.65. The van der Waals surface area contributed by atoms with Gasteiger partial charge in [0.25, 0.3) is 0 Å². The highest BCUT2D eigenvalue weighted by Gasteiger charge is 2.58. The number of hydrogen-bond donors (Lipinski definition) is 0. The van der Waals surface area contributed by atoms with Crippen LogP contribution in [0.15, 0.2) is 24.3 Å². The quantitative estimate of drug-likeness (QED) is 0.714. The molecule has 2 heterocycles. The van der Waals surface area contributed by atoms with Gasteiger partial charge in [-0.3, -0.25) is 4.79 Å². The Morgan fingerprint density at radius 1 is 1.10 bits per heavy atom. The maximum Gasteiger partial charge on any atom is 0.424 e. The number of cyclic esters (lactones) is 1. The molecule has 5 atom stereocenters. The number of benzene rings is 1. The molecular formula is C21H27NO7S. The third kappa shape index (κ3) is 3.86. The largest absolute Gasteiger partial charge is 0.443 e. The minimum Gasteiger partial charge on any atom is -0.443 e. The third-order valence-electron chi connectivity index (χ3n) is 5.96. The van der Waals surface area contributed by atoms with Crippen LogP contribution in [0.3, 0.4) is 0 Å². The van der Waals surface area contributed by atoms with Crippen molar-refractivity contribution >= 4 is 21.9 Å². The van der Waals surface area contributed by atoms with Gasteiger partial charge in [0, 0.05) is 18.8 Å². The van der Waals surface area contributed by atoms with Crippen LogP contribution < -0.4 is 0 Å². The molecule has 3 aliphatic rings. The van der Waals surface area contributed by atoms with Gasteiger partial charge in [-0.25, -0.2) is 13.2 Å². The Labute approximate surface area is 176 Å². The number of Topliss-reactive ketones (excluding diaryl/α,β-unsaturated/α-hetero) is 1. The molecule has 8 nitrogen and oxygen atoms in total. The summed E-state index contributed by atoms with van der Waals surface area (Å²) in [6.45, 7) is 7.09. The van der Waals surface area contributed by atoms with Crippen LogP contribution in [0, 0.1) is 12.8 Å². The van der Waals surface area contributed by atoms with Gasteiger partial charge in [0.1, 0.15) is 11.9 Å². The van der Waals surface area contributed by atoms with E-state index in [9.17, 15) is 18.0 Å². The summed E-state index contributed by atoms with van der Waals surface area (Å²) >= 11 is 0. The van der Waals surface area contributed by atoms with E-state index in [1.807, 2.05) is 19.1 Å². The first-order chi connectivity index (χ1) is 14.0. The molecule has 1 aliphatic carbocycles. The average molecular weight is 438 g/mol. The number of nitrogens with zero attached hydrogens (tertiary/aromatic N) is 1. The first-order valence-electron chi connectivity index (χ1n) is 10.1. The normalized spacial score (nSPS) is 33.5. The number of carbonyl (C=O) groups is 2. The summed E-state index contributed by atoms with van der Waals surface area (Å²) in [5.74, 6) is -1.78. The van der Waals surface area contributed by atoms with Gasteiger partial charge >= 0.3 is 6.09 Å². The van der Waals surface area contributed by atoms with Crippen molar-refractivity contribution < 1.29 is 32.2 Å².